The number of aromatic nitrogens is 1. The number of quaternary nitrogens is 1. The molecule has 3 heterocycles. The Balaban J connectivity index is 1.67. The van der Waals surface area contributed by atoms with Crippen LogP contribution in [0.5, 0.6) is 0 Å². The van der Waals surface area contributed by atoms with Gasteiger partial charge >= 0.3 is 12.4 Å². The third-order valence-electron chi connectivity index (χ3n) is 10.6. The second kappa shape index (κ2) is 15.0. The molecule has 6 rings (SSSR count). The Morgan fingerprint density at radius 1 is 0.981 bits per heavy atom. The Morgan fingerprint density at radius 3 is 2.34 bits per heavy atom. The SMILES string of the molecule is CS(=O)(=O)c1ccc2nc(-c3cccc(C(F)(F)F)c3)c(C[N+]3(C4CCNCC4)CCCC(CO)C3)c(C(=O)N[C@H](c3ccccc3)C(F)(F)F)c2c1. The van der Waals surface area contributed by atoms with Gasteiger partial charge < -0.3 is 20.2 Å². The number of fused-ring (bicyclic) bond motifs is 1. The minimum Gasteiger partial charge on any atom is -0.396 e. The van der Waals surface area contributed by atoms with Crippen LogP contribution >= 0.6 is 0 Å². The van der Waals surface area contributed by atoms with Gasteiger partial charge in [-0.05, 0) is 48.7 Å². The molecule has 0 spiro atoms. The van der Waals surface area contributed by atoms with Crippen molar-refractivity contribution in [3.63, 3.8) is 0 Å². The van der Waals surface area contributed by atoms with Crippen LogP contribution in [-0.2, 0) is 22.6 Å². The number of carbonyl (C=O) groups excluding carboxylic acids is 1. The molecule has 0 saturated carbocycles. The van der Waals surface area contributed by atoms with E-state index in [-0.39, 0.29) is 68.9 Å². The number of benzene rings is 3. The predicted octanol–water partition coefficient (Wildman–Crippen LogP) is 6.83. The fourth-order valence-corrected chi connectivity index (χ4v) is 8.67. The molecule has 1 amide bonds. The van der Waals surface area contributed by atoms with Crippen molar-refractivity contribution in [2.75, 3.05) is 39.0 Å². The second-order valence-corrected chi connectivity index (χ2v) is 16.2. The van der Waals surface area contributed by atoms with Crippen LogP contribution in [-0.4, -0.2) is 80.2 Å². The van der Waals surface area contributed by atoms with Gasteiger partial charge in [0.15, 0.2) is 15.9 Å². The van der Waals surface area contributed by atoms with E-state index in [0.29, 0.717) is 49.9 Å². The number of carbonyl (C=O) groups is 1. The lowest BCUT2D eigenvalue weighted by atomic mass is 9.87. The summed E-state index contributed by atoms with van der Waals surface area (Å²) in [7, 11) is -3.89. The van der Waals surface area contributed by atoms with Crippen LogP contribution in [0.3, 0.4) is 0 Å². The number of aliphatic hydroxyl groups excluding tert-OH is 1. The number of aliphatic hydroxyl groups is 1. The summed E-state index contributed by atoms with van der Waals surface area (Å²) in [6.07, 6.45) is -5.90. The number of alkyl halides is 6. The maximum atomic E-state index is 14.7. The molecule has 1 aromatic heterocycles. The zero-order chi connectivity index (χ0) is 38.2. The smallest absolute Gasteiger partial charge is 0.396 e. The number of halogens is 6. The summed E-state index contributed by atoms with van der Waals surface area (Å²) in [5.74, 6) is -1.32. The standard InChI is InChI=1S/C38H40F6N4O4S/c1-53(51,52)29-12-13-32-30(20-29)33(36(50)47-35(38(42,43)44)25-8-3-2-4-9-25)31(34(46-32)26-10-5-11-27(19-26)37(39,40)41)22-48(28-14-16-45-17-15-28)18-6-7-24(21-48)23-49/h2-5,8-13,19-20,24,28,35,45,49H,6-7,14-18,21-23H2,1H3/p+1/t24?,35-,48?/m1/s1. The van der Waals surface area contributed by atoms with Gasteiger partial charge in [0.2, 0.25) is 0 Å². The number of likely N-dealkylation sites (tertiary alicyclic amines) is 1. The van der Waals surface area contributed by atoms with Crippen molar-refractivity contribution in [3.8, 4) is 11.3 Å². The molecule has 2 unspecified atom stereocenters. The van der Waals surface area contributed by atoms with E-state index in [1.54, 1.807) is 0 Å². The molecule has 2 aliphatic rings. The van der Waals surface area contributed by atoms with Crippen LogP contribution in [0.1, 0.15) is 58.8 Å². The number of hydrogen-bond donors (Lipinski definition) is 3. The van der Waals surface area contributed by atoms with Crippen LogP contribution < -0.4 is 10.6 Å². The molecular formula is C38H41F6N4O4S+. The Labute approximate surface area is 303 Å². The number of rotatable bonds is 9. The van der Waals surface area contributed by atoms with Gasteiger partial charge in [0.1, 0.15) is 6.54 Å². The first-order valence-electron chi connectivity index (χ1n) is 17.4. The second-order valence-electron chi connectivity index (χ2n) is 14.2. The van der Waals surface area contributed by atoms with E-state index in [2.05, 4.69) is 10.6 Å². The number of piperidine rings is 2. The van der Waals surface area contributed by atoms with Crippen LogP contribution in [0.4, 0.5) is 26.3 Å². The van der Waals surface area contributed by atoms with Crippen molar-refractivity contribution in [1.29, 1.82) is 0 Å². The van der Waals surface area contributed by atoms with E-state index in [1.807, 2.05) is 0 Å². The average Bonchev–Trinajstić information content (AvgIpc) is 3.13. The van der Waals surface area contributed by atoms with Crippen LogP contribution in [0.15, 0.2) is 77.7 Å². The lowest BCUT2D eigenvalue weighted by Gasteiger charge is -2.51. The molecule has 0 aliphatic carbocycles. The lowest BCUT2D eigenvalue weighted by molar-refractivity contribution is -0.971. The quantitative estimate of drug-likeness (QED) is 0.128. The molecule has 8 nitrogen and oxygen atoms in total. The minimum absolute atomic E-state index is 0.00688. The van der Waals surface area contributed by atoms with E-state index in [9.17, 15) is 44.7 Å². The molecule has 4 aromatic rings. The van der Waals surface area contributed by atoms with Gasteiger partial charge in [0.25, 0.3) is 5.91 Å². The zero-order valence-corrected chi connectivity index (χ0v) is 29.8. The van der Waals surface area contributed by atoms with Gasteiger partial charge in [-0.2, -0.15) is 26.3 Å². The summed E-state index contributed by atoms with van der Waals surface area (Å²) >= 11 is 0. The first kappa shape index (κ1) is 38.7. The molecule has 0 radical (unpaired) electrons. The number of sulfone groups is 1. The molecule has 2 fully saturated rings. The molecule has 0 bridgehead atoms. The van der Waals surface area contributed by atoms with E-state index in [4.69, 9.17) is 4.98 Å². The van der Waals surface area contributed by atoms with E-state index >= 15 is 0 Å². The molecule has 3 atom stereocenters. The monoisotopic (exact) mass is 763 g/mol. The Morgan fingerprint density at radius 2 is 1.70 bits per heavy atom. The van der Waals surface area contributed by atoms with Crippen molar-refractivity contribution in [2.24, 2.45) is 5.92 Å². The summed E-state index contributed by atoms with van der Waals surface area (Å²) in [5, 5.41) is 15.8. The third-order valence-corrected chi connectivity index (χ3v) is 11.7. The Kier molecular flexibility index (Phi) is 10.9. The number of pyridine rings is 1. The summed E-state index contributed by atoms with van der Waals surface area (Å²) in [4.78, 5) is 19.3. The molecule has 284 valence electrons. The zero-order valence-electron chi connectivity index (χ0n) is 29.0. The van der Waals surface area contributed by atoms with Gasteiger partial charge in [0.05, 0.1) is 53.0 Å². The molecule has 3 aromatic carbocycles. The molecule has 3 N–H and O–H groups in total. The fraction of sp³-hybridized carbons (Fsp3) is 0.421. The summed E-state index contributed by atoms with van der Waals surface area (Å²) < 4.78 is 112. The van der Waals surface area contributed by atoms with E-state index in [1.165, 1.54) is 60.7 Å². The summed E-state index contributed by atoms with van der Waals surface area (Å²) in [6.45, 7) is 2.28. The van der Waals surface area contributed by atoms with E-state index in [0.717, 1.165) is 24.8 Å². The van der Waals surface area contributed by atoms with Crippen molar-refractivity contribution < 1.29 is 49.1 Å². The van der Waals surface area contributed by atoms with Crippen molar-refractivity contribution >= 4 is 26.6 Å². The van der Waals surface area contributed by atoms with Gasteiger partial charge in [0, 0.05) is 54.6 Å². The number of hydrogen-bond acceptors (Lipinski definition) is 6. The maximum Gasteiger partial charge on any atom is 0.416 e. The molecule has 53 heavy (non-hydrogen) atoms. The van der Waals surface area contributed by atoms with E-state index < -0.39 is 39.7 Å². The van der Waals surface area contributed by atoms with Gasteiger partial charge in [-0.3, -0.25) is 4.79 Å². The molecule has 2 saturated heterocycles. The summed E-state index contributed by atoms with van der Waals surface area (Å²) in [6, 6.07) is 12.4. The van der Waals surface area contributed by atoms with Crippen molar-refractivity contribution in [2.45, 2.75) is 61.6 Å². The maximum absolute atomic E-state index is 14.7. The molecule has 2 aliphatic heterocycles. The predicted molar refractivity (Wildman–Crippen MR) is 187 cm³/mol. The number of nitrogens with one attached hydrogen (secondary N) is 2. The largest absolute Gasteiger partial charge is 0.416 e. The van der Waals surface area contributed by atoms with Crippen LogP contribution in [0, 0.1) is 5.92 Å². The normalized spacial score (nSPS) is 21.0. The fourth-order valence-electron chi connectivity index (χ4n) is 8.02. The highest BCUT2D eigenvalue weighted by Crippen LogP contribution is 2.41. The molecular weight excluding hydrogens is 722 g/mol. The van der Waals surface area contributed by atoms with Crippen molar-refractivity contribution in [1.82, 2.24) is 15.6 Å². The first-order chi connectivity index (χ1) is 25.0. The highest BCUT2D eigenvalue weighted by molar-refractivity contribution is 7.90. The number of nitrogens with zero attached hydrogens (tertiary/aromatic N) is 2. The lowest BCUT2D eigenvalue weighted by Crippen LogP contribution is -2.62. The third kappa shape index (κ3) is 8.37. The van der Waals surface area contributed by atoms with Gasteiger partial charge in [-0.1, -0.05) is 42.5 Å². The first-order valence-corrected chi connectivity index (χ1v) is 19.3. The highest BCUT2D eigenvalue weighted by atomic mass is 32.2. The topological polar surface area (TPSA) is 108 Å². The summed E-state index contributed by atoms with van der Waals surface area (Å²) in [5.41, 5.74) is -1.44. The van der Waals surface area contributed by atoms with Crippen LogP contribution in [0.25, 0.3) is 22.2 Å². The average molecular weight is 764 g/mol. The Bertz CT molecular complexity index is 2070. The van der Waals surface area contributed by atoms with Crippen molar-refractivity contribution in [3.05, 3.63) is 95.1 Å². The van der Waals surface area contributed by atoms with Crippen LogP contribution in [0.2, 0.25) is 0 Å². The van der Waals surface area contributed by atoms with Gasteiger partial charge in [-0.15, -0.1) is 0 Å². The Hall–Kier alpha value is -4.05. The highest BCUT2D eigenvalue weighted by Gasteiger charge is 2.46. The minimum atomic E-state index is -4.95. The molecule has 15 heteroatoms. The van der Waals surface area contributed by atoms with Gasteiger partial charge in [-0.25, -0.2) is 13.4 Å². The number of amides is 1.